The van der Waals surface area contributed by atoms with Crippen molar-refractivity contribution in [2.24, 2.45) is 11.8 Å². The number of hydrogen-bond acceptors (Lipinski definition) is 1. The highest BCUT2D eigenvalue weighted by molar-refractivity contribution is 6.31. The summed E-state index contributed by atoms with van der Waals surface area (Å²) in [6.45, 7) is 4.60. The lowest BCUT2D eigenvalue weighted by Gasteiger charge is -2.20. The fourth-order valence-corrected chi connectivity index (χ4v) is 3.15. The van der Waals surface area contributed by atoms with E-state index in [-0.39, 0.29) is 10.8 Å². The van der Waals surface area contributed by atoms with Gasteiger partial charge in [0.05, 0.1) is 10.7 Å². The van der Waals surface area contributed by atoms with Crippen LogP contribution in [-0.4, -0.2) is 6.04 Å². The van der Waals surface area contributed by atoms with Gasteiger partial charge in [-0.1, -0.05) is 44.4 Å². The molecule has 3 heteroatoms. The van der Waals surface area contributed by atoms with Crippen LogP contribution in [0.3, 0.4) is 0 Å². The molecule has 1 aliphatic carbocycles. The molecule has 0 aromatic heterocycles. The Kier molecular flexibility index (Phi) is 5.09. The Morgan fingerprint density at radius 3 is 2.74 bits per heavy atom. The van der Waals surface area contributed by atoms with Gasteiger partial charge in [0.2, 0.25) is 0 Å². The van der Waals surface area contributed by atoms with Crippen molar-refractivity contribution in [3.63, 3.8) is 0 Å². The Morgan fingerprint density at radius 1 is 1.21 bits per heavy atom. The van der Waals surface area contributed by atoms with Crippen molar-refractivity contribution in [2.45, 2.75) is 52.0 Å². The summed E-state index contributed by atoms with van der Waals surface area (Å²) in [6, 6.07) is 5.52. The first kappa shape index (κ1) is 14.6. The maximum Gasteiger partial charge on any atom is 0.164 e. The summed E-state index contributed by atoms with van der Waals surface area (Å²) < 4.78 is 13.9. The zero-order chi connectivity index (χ0) is 13.8. The van der Waals surface area contributed by atoms with Crippen LogP contribution in [0.1, 0.15) is 46.0 Å². The largest absolute Gasteiger partial charge is 0.380 e. The minimum atomic E-state index is -0.325. The first-order valence-corrected chi connectivity index (χ1v) is 7.66. The first-order chi connectivity index (χ1) is 9.08. The van der Waals surface area contributed by atoms with Gasteiger partial charge in [0.15, 0.2) is 5.82 Å². The molecule has 0 aliphatic heterocycles. The van der Waals surface area contributed by atoms with E-state index < -0.39 is 0 Å². The number of anilines is 1. The molecule has 0 bridgehead atoms. The molecule has 1 saturated carbocycles. The van der Waals surface area contributed by atoms with Crippen molar-refractivity contribution in [1.82, 2.24) is 0 Å². The van der Waals surface area contributed by atoms with E-state index in [1.54, 1.807) is 18.2 Å². The van der Waals surface area contributed by atoms with E-state index in [2.05, 4.69) is 19.2 Å². The second-order valence-electron chi connectivity index (χ2n) is 5.95. The van der Waals surface area contributed by atoms with Gasteiger partial charge in [0, 0.05) is 6.04 Å². The molecule has 0 saturated heterocycles. The monoisotopic (exact) mass is 283 g/mol. The summed E-state index contributed by atoms with van der Waals surface area (Å²) in [5.41, 5.74) is 0.542. The Labute approximate surface area is 120 Å². The van der Waals surface area contributed by atoms with Crippen molar-refractivity contribution >= 4 is 17.3 Å². The van der Waals surface area contributed by atoms with Crippen LogP contribution in [0.15, 0.2) is 18.2 Å². The molecule has 2 unspecified atom stereocenters. The zero-order valence-electron chi connectivity index (χ0n) is 11.8. The molecule has 2 rings (SSSR count). The summed E-state index contributed by atoms with van der Waals surface area (Å²) in [6.07, 6.45) is 6.00. The van der Waals surface area contributed by atoms with Gasteiger partial charge in [-0.15, -0.1) is 0 Å². The highest BCUT2D eigenvalue weighted by Gasteiger charge is 2.21. The summed E-state index contributed by atoms with van der Waals surface area (Å²) in [4.78, 5) is 0. The van der Waals surface area contributed by atoms with Crippen LogP contribution in [0.2, 0.25) is 5.02 Å². The lowest BCUT2D eigenvalue weighted by molar-refractivity contribution is 0.341. The van der Waals surface area contributed by atoms with E-state index in [9.17, 15) is 4.39 Å². The third-order valence-electron chi connectivity index (χ3n) is 4.27. The van der Waals surface area contributed by atoms with Crippen LogP contribution in [0.25, 0.3) is 0 Å². The second kappa shape index (κ2) is 6.60. The summed E-state index contributed by atoms with van der Waals surface area (Å²) in [5.74, 6) is 1.24. The molecule has 1 N–H and O–H groups in total. The average molecular weight is 284 g/mol. The van der Waals surface area contributed by atoms with Gasteiger partial charge in [-0.05, 0) is 43.2 Å². The smallest absolute Gasteiger partial charge is 0.164 e. The van der Waals surface area contributed by atoms with E-state index in [4.69, 9.17) is 11.6 Å². The van der Waals surface area contributed by atoms with Crippen molar-refractivity contribution in [3.05, 3.63) is 29.0 Å². The second-order valence-corrected chi connectivity index (χ2v) is 6.36. The van der Waals surface area contributed by atoms with Crippen molar-refractivity contribution in [3.8, 4) is 0 Å². The van der Waals surface area contributed by atoms with Gasteiger partial charge in [-0.3, -0.25) is 0 Å². The van der Waals surface area contributed by atoms with Crippen LogP contribution in [0.5, 0.6) is 0 Å². The molecule has 0 heterocycles. The third kappa shape index (κ3) is 3.85. The molecular weight excluding hydrogens is 261 g/mol. The number of rotatable bonds is 3. The molecule has 1 nitrogen and oxygen atoms in total. The minimum absolute atomic E-state index is 0.193. The van der Waals surface area contributed by atoms with Gasteiger partial charge in [-0.2, -0.15) is 0 Å². The maximum atomic E-state index is 13.9. The van der Waals surface area contributed by atoms with E-state index in [0.717, 1.165) is 24.7 Å². The van der Waals surface area contributed by atoms with E-state index in [0.29, 0.717) is 11.7 Å². The van der Waals surface area contributed by atoms with Gasteiger partial charge < -0.3 is 5.32 Å². The standard InChI is InChI=1S/C16H23ClFN/c1-11(2)12-5-3-6-13(10-9-12)19-15-8-4-7-14(17)16(15)18/h4,7-8,11-13,19H,3,5-6,9-10H2,1-2H3. The van der Waals surface area contributed by atoms with Gasteiger partial charge in [0.25, 0.3) is 0 Å². The highest BCUT2D eigenvalue weighted by atomic mass is 35.5. The molecule has 19 heavy (non-hydrogen) atoms. The molecule has 0 spiro atoms. The lowest BCUT2D eigenvalue weighted by Crippen LogP contribution is -2.19. The van der Waals surface area contributed by atoms with E-state index in [1.165, 1.54) is 19.3 Å². The first-order valence-electron chi connectivity index (χ1n) is 7.28. The van der Waals surface area contributed by atoms with Gasteiger partial charge in [-0.25, -0.2) is 4.39 Å². The normalized spacial score (nSPS) is 24.3. The zero-order valence-corrected chi connectivity index (χ0v) is 12.5. The Morgan fingerprint density at radius 2 is 2.00 bits per heavy atom. The predicted octanol–water partition coefficient (Wildman–Crippen LogP) is 5.50. The number of benzene rings is 1. The molecule has 1 fully saturated rings. The number of hydrogen-bond donors (Lipinski definition) is 1. The molecule has 0 radical (unpaired) electrons. The Balaban J connectivity index is 1.98. The van der Waals surface area contributed by atoms with Crippen LogP contribution < -0.4 is 5.32 Å². The average Bonchev–Trinajstić information content (AvgIpc) is 2.60. The van der Waals surface area contributed by atoms with Crippen LogP contribution in [-0.2, 0) is 0 Å². The fourth-order valence-electron chi connectivity index (χ4n) is 2.98. The highest BCUT2D eigenvalue weighted by Crippen LogP contribution is 2.31. The summed E-state index contributed by atoms with van der Waals surface area (Å²) in [5, 5.41) is 3.52. The van der Waals surface area contributed by atoms with Crippen LogP contribution in [0.4, 0.5) is 10.1 Å². The molecular formula is C16H23ClFN. The van der Waals surface area contributed by atoms with Crippen molar-refractivity contribution in [2.75, 3.05) is 5.32 Å². The fraction of sp³-hybridized carbons (Fsp3) is 0.625. The third-order valence-corrected chi connectivity index (χ3v) is 4.56. The van der Waals surface area contributed by atoms with Crippen molar-refractivity contribution in [1.29, 1.82) is 0 Å². The maximum absolute atomic E-state index is 13.9. The van der Waals surface area contributed by atoms with Gasteiger partial charge in [0.1, 0.15) is 0 Å². The number of nitrogens with one attached hydrogen (secondary N) is 1. The Hall–Kier alpha value is -0.760. The van der Waals surface area contributed by atoms with Crippen LogP contribution >= 0.6 is 11.6 Å². The molecule has 2 atom stereocenters. The number of halogens is 2. The predicted molar refractivity (Wildman–Crippen MR) is 80.2 cm³/mol. The van der Waals surface area contributed by atoms with Crippen molar-refractivity contribution < 1.29 is 4.39 Å². The summed E-state index contributed by atoms with van der Waals surface area (Å²) in [7, 11) is 0. The molecule has 1 aromatic rings. The molecule has 1 aromatic carbocycles. The topological polar surface area (TPSA) is 12.0 Å². The Bertz CT molecular complexity index is 419. The molecule has 106 valence electrons. The molecule has 0 amide bonds. The van der Waals surface area contributed by atoms with E-state index >= 15 is 0 Å². The van der Waals surface area contributed by atoms with Crippen LogP contribution in [0, 0.1) is 17.7 Å². The quantitative estimate of drug-likeness (QED) is 0.723. The van der Waals surface area contributed by atoms with Gasteiger partial charge >= 0.3 is 0 Å². The minimum Gasteiger partial charge on any atom is -0.380 e. The lowest BCUT2D eigenvalue weighted by atomic mass is 9.89. The SMILES string of the molecule is CC(C)C1CCCC(Nc2cccc(Cl)c2F)CC1. The summed E-state index contributed by atoms with van der Waals surface area (Å²) >= 11 is 5.81. The molecule has 1 aliphatic rings. The van der Waals surface area contributed by atoms with E-state index in [1.807, 2.05) is 0 Å².